The van der Waals surface area contributed by atoms with Crippen LogP contribution in [0.15, 0.2) is 0 Å². The lowest BCUT2D eigenvalue weighted by Crippen LogP contribution is -2.14. The SMILES string of the molecule is Cc1c(Cl)nc(C2CC2)nc1OCCC(F)(F)F. The van der Waals surface area contributed by atoms with Gasteiger partial charge >= 0.3 is 6.18 Å². The van der Waals surface area contributed by atoms with E-state index in [4.69, 9.17) is 16.3 Å². The van der Waals surface area contributed by atoms with E-state index in [0.29, 0.717) is 11.4 Å². The van der Waals surface area contributed by atoms with Crippen LogP contribution in [-0.2, 0) is 0 Å². The standard InChI is InChI=1S/C11H12ClF3N2O/c1-6-8(12)16-9(7-2-3-7)17-10(6)18-5-4-11(13,14)15/h7H,2-5H2,1H3. The van der Waals surface area contributed by atoms with E-state index < -0.39 is 19.2 Å². The summed E-state index contributed by atoms with van der Waals surface area (Å²) in [5, 5.41) is 0.244. The molecule has 0 radical (unpaired) electrons. The lowest BCUT2D eigenvalue weighted by Gasteiger charge is -2.11. The predicted molar refractivity (Wildman–Crippen MR) is 59.9 cm³/mol. The first-order valence-electron chi connectivity index (χ1n) is 5.60. The topological polar surface area (TPSA) is 35.0 Å². The number of hydrogen-bond acceptors (Lipinski definition) is 3. The van der Waals surface area contributed by atoms with Crippen molar-refractivity contribution in [3.05, 3.63) is 16.5 Å². The molecule has 18 heavy (non-hydrogen) atoms. The zero-order valence-electron chi connectivity index (χ0n) is 9.72. The summed E-state index contributed by atoms with van der Waals surface area (Å²) in [4.78, 5) is 8.23. The molecule has 2 rings (SSSR count). The molecule has 3 nitrogen and oxygen atoms in total. The van der Waals surface area contributed by atoms with Gasteiger partial charge in [0.1, 0.15) is 11.0 Å². The van der Waals surface area contributed by atoms with Crippen LogP contribution in [0, 0.1) is 6.92 Å². The van der Waals surface area contributed by atoms with Crippen LogP contribution in [0.25, 0.3) is 0 Å². The Balaban J connectivity index is 2.06. The van der Waals surface area contributed by atoms with Crippen molar-refractivity contribution in [1.82, 2.24) is 9.97 Å². The quantitative estimate of drug-likeness (QED) is 0.790. The molecule has 0 unspecified atom stereocenters. The molecule has 1 aromatic rings. The molecule has 0 N–H and O–H groups in total. The third kappa shape index (κ3) is 3.48. The van der Waals surface area contributed by atoms with E-state index >= 15 is 0 Å². The van der Waals surface area contributed by atoms with Crippen LogP contribution in [-0.4, -0.2) is 22.8 Å². The van der Waals surface area contributed by atoms with Crippen molar-refractivity contribution >= 4 is 11.6 Å². The Morgan fingerprint density at radius 2 is 2.00 bits per heavy atom. The van der Waals surface area contributed by atoms with Crippen molar-refractivity contribution in [3.63, 3.8) is 0 Å². The van der Waals surface area contributed by atoms with Crippen molar-refractivity contribution in [2.24, 2.45) is 0 Å². The molecule has 1 fully saturated rings. The maximum Gasteiger partial charge on any atom is 0.392 e. The van der Waals surface area contributed by atoms with Gasteiger partial charge in [0.05, 0.1) is 13.0 Å². The molecule has 0 aliphatic heterocycles. The van der Waals surface area contributed by atoms with E-state index in [9.17, 15) is 13.2 Å². The molecule has 1 saturated carbocycles. The van der Waals surface area contributed by atoms with Crippen LogP contribution in [0.5, 0.6) is 5.88 Å². The summed E-state index contributed by atoms with van der Waals surface area (Å²) >= 11 is 5.91. The molecule has 1 heterocycles. The highest BCUT2D eigenvalue weighted by atomic mass is 35.5. The first kappa shape index (κ1) is 13.4. The van der Waals surface area contributed by atoms with E-state index in [1.165, 1.54) is 0 Å². The minimum Gasteiger partial charge on any atom is -0.477 e. The summed E-state index contributed by atoms with van der Waals surface area (Å²) in [6.07, 6.45) is -3.26. The molecule has 0 spiro atoms. The molecule has 100 valence electrons. The van der Waals surface area contributed by atoms with Crippen LogP contribution < -0.4 is 4.74 Å². The molecule has 1 aliphatic carbocycles. The van der Waals surface area contributed by atoms with Crippen LogP contribution >= 0.6 is 11.6 Å². The summed E-state index contributed by atoms with van der Waals surface area (Å²) in [5.41, 5.74) is 0.475. The third-order valence-electron chi connectivity index (χ3n) is 2.63. The first-order chi connectivity index (χ1) is 8.37. The normalized spacial score (nSPS) is 15.8. The Hall–Kier alpha value is -1.04. The van der Waals surface area contributed by atoms with Crippen molar-refractivity contribution < 1.29 is 17.9 Å². The van der Waals surface area contributed by atoms with Gasteiger partial charge in [-0.2, -0.15) is 18.2 Å². The molecule has 0 amide bonds. The lowest BCUT2D eigenvalue weighted by atomic mass is 10.3. The third-order valence-corrected chi connectivity index (χ3v) is 2.99. The number of halogens is 4. The molecule has 0 bridgehead atoms. The molecule has 0 saturated heterocycles. The maximum atomic E-state index is 12.0. The highest BCUT2D eigenvalue weighted by molar-refractivity contribution is 6.30. The van der Waals surface area contributed by atoms with Gasteiger partial charge in [0.2, 0.25) is 5.88 Å². The average molecular weight is 281 g/mol. The van der Waals surface area contributed by atoms with Gasteiger partial charge < -0.3 is 4.74 Å². The molecule has 0 atom stereocenters. The Morgan fingerprint density at radius 3 is 2.56 bits per heavy atom. The molecule has 1 aliphatic rings. The minimum absolute atomic E-state index is 0.154. The Morgan fingerprint density at radius 1 is 1.33 bits per heavy atom. The van der Waals surface area contributed by atoms with Gasteiger partial charge in [-0.15, -0.1) is 0 Å². The Labute approximate surface area is 107 Å². The summed E-state index contributed by atoms with van der Waals surface area (Å²) in [6, 6.07) is 0. The van der Waals surface area contributed by atoms with Gasteiger partial charge in [0.25, 0.3) is 0 Å². The first-order valence-corrected chi connectivity index (χ1v) is 5.98. The smallest absolute Gasteiger partial charge is 0.392 e. The number of rotatable bonds is 4. The molecule has 7 heteroatoms. The van der Waals surface area contributed by atoms with Crippen molar-refractivity contribution in [3.8, 4) is 5.88 Å². The van der Waals surface area contributed by atoms with Crippen LogP contribution in [0.3, 0.4) is 0 Å². The summed E-state index contributed by atoms with van der Waals surface area (Å²) < 4.78 is 41.1. The number of ether oxygens (including phenoxy) is 1. The number of nitrogens with zero attached hydrogens (tertiary/aromatic N) is 2. The van der Waals surface area contributed by atoms with Crippen LogP contribution in [0.1, 0.15) is 36.6 Å². The van der Waals surface area contributed by atoms with Crippen molar-refractivity contribution in [1.29, 1.82) is 0 Å². The van der Waals surface area contributed by atoms with Crippen LogP contribution in [0.2, 0.25) is 5.15 Å². The number of aromatic nitrogens is 2. The summed E-state index contributed by atoms with van der Waals surface area (Å²) in [5.74, 6) is 0.988. The van der Waals surface area contributed by atoms with Gasteiger partial charge in [0.15, 0.2) is 0 Å². The molecule has 0 aromatic carbocycles. The predicted octanol–water partition coefficient (Wildman–Crippen LogP) is 3.65. The fourth-order valence-electron chi connectivity index (χ4n) is 1.41. The largest absolute Gasteiger partial charge is 0.477 e. The average Bonchev–Trinajstić information content (AvgIpc) is 3.05. The fraction of sp³-hybridized carbons (Fsp3) is 0.636. The lowest BCUT2D eigenvalue weighted by molar-refractivity contribution is -0.139. The van der Waals surface area contributed by atoms with Gasteiger partial charge in [0, 0.05) is 11.5 Å². The monoisotopic (exact) mass is 280 g/mol. The summed E-state index contributed by atoms with van der Waals surface area (Å²) in [7, 11) is 0. The maximum absolute atomic E-state index is 12.0. The zero-order valence-corrected chi connectivity index (χ0v) is 10.5. The molecular formula is C11H12ClF3N2O. The van der Waals surface area contributed by atoms with Gasteiger partial charge in [-0.3, -0.25) is 0 Å². The second-order valence-electron chi connectivity index (χ2n) is 4.29. The number of alkyl halides is 3. The van der Waals surface area contributed by atoms with Crippen molar-refractivity contribution in [2.45, 2.75) is 38.3 Å². The highest BCUT2D eigenvalue weighted by Gasteiger charge is 2.29. The van der Waals surface area contributed by atoms with E-state index in [2.05, 4.69) is 9.97 Å². The second kappa shape index (κ2) is 4.91. The minimum atomic E-state index is -4.23. The zero-order chi connectivity index (χ0) is 13.3. The Bertz CT molecular complexity index is 447. The van der Waals surface area contributed by atoms with E-state index in [1.54, 1.807) is 6.92 Å². The van der Waals surface area contributed by atoms with Gasteiger partial charge in [-0.25, -0.2) is 4.98 Å². The Kier molecular flexibility index (Phi) is 3.66. The number of hydrogen-bond donors (Lipinski definition) is 0. The summed E-state index contributed by atoms with van der Waals surface area (Å²) in [6.45, 7) is 1.17. The highest BCUT2D eigenvalue weighted by Crippen LogP contribution is 2.39. The van der Waals surface area contributed by atoms with Crippen LogP contribution in [0.4, 0.5) is 13.2 Å². The fourth-order valence-corrected chi connectivity index (χ4v) is 1.58. The van der Waals surface area contributed by atoms with Gasteiger partial charge in [-0.05, 0) is 19.8 Å². The van der Waals surface area contributed by atoms with E-state index in [0.717, 1.165) is 12.8 Å². The molecule has 1 aromatic heterocycles. The van der Waals surface area contributed by atoms with Crippen molar-refractivity contribution in [2.75, 3.05) is 6.61 Å². The molecular weight excluding hydrogens is 269 g/mol. The van der Waals surface area contributed by atoms with Gasteiger partial charge in [-0.1, -0.05) is 11.6 Å². The second-order valence-corrected chi connectivity index (χ2v) is 4.65. The van der Waals surface area contributed by atoms with E-state index in [-0.39, 0.29) is 17.0 Å². The van der Waals surface area contributed by atoms with E-state index in [1.807, 2.05) is 0 Å².